The van der Waals surface area contributed by atoms with Crippen LogP contribution in [0.2, 0.25) is 0 Å². The Bertz CT molecular complexity index is 787. The van der Waals surface area contributed by atoms with Crippen molar-refractivity contribution in [3.8, 4) is 0 Å². The molecule has 126 valence electrons. The highest BCUT2D eigenvalue weighted by atomic mass is 16.3. The number of hydrogen-bond acceptors (Lipinski definition) is 7. The molecule has 2 heterocycles. The fraction of sp³-hybridized carbons (Fsp3) is 0.375. The topological polar surface area (TPSA) is 112 Å². The lowest BCUT2D eigenvalue weighted by Gasteiger charge is -2.20. The maximum absolute atomic E-state index is 9.48. The van der Waals surface area contributed by atoms with Crippen LogP contribution in [-0.2, 0) is 6.54 Å². The van der Waals surface area contributed by atoms with E-state index in [-0.39, 0.29) is 18.6 Å². The Kier molecular flexibility index (Phi) is 4.85. The largest absolute Gasteiger partial charge is 0.394 e. The second-order valence-corrected chi connectivity index (χ2v) is 5.91. The average Bonchev–Trinajstić information content (AvgIpc) is 3.06. The zero-order chi connectivity index (χ0) is 16.9. The normalized spacial score (nSPS) is 12.5. The second-order valence-electron chi connectivity index (χ2n) is 5.91. The number of aromatic nitrogens is 5. The Balaban J connectivity index is 1.84. The Labute approximate surface area is 139 Å². The molecule has 1 aromatic carbocycles. The molecule has 0 saturated heterocycles. The van der Waals surface area contributed by atoms with Gasteiger partial charge in [-0.2, -0.15) is 20.3 Å². The summed E-state index contributed by atoms with van der Waals surface area (Å²) in [5, 5.41) is 26.6. The third-order valence-corrected chi connectivity index (χ3v) is 3.80. The number of aliphatic hydroxyl groups excluding tert-OH is 1. The molecule has 0 spiro atoms. The summed E-state index contributed by atoms with van der Waals surface area (Å²) in [6, 6.07) is 9.90. The van der Waals surface area contributed by atoms with E-state index in [0.717, 1.165) is 5.56 Å². The first kappa shape index (κ1) is 16.1. The minimum Gasteiger partial charge on any atom is -0.394 e. The van der Waals surface area contributed by atoms with E-state index >= 15 is 0 Å². The standard InChI is InChI=1S/C16H21N7O/c1-10(2)12(9-24)18-16-19-14(13-15(20-16)22-23-21-13)17-8-11-6-4-3-5-7-11/h3-7,10,12,24H,8-9H2,1-2H3,(H3,17,18,19,20,21,22,23)/t12-/m0/s1. The number of aliphatic hydroxyl groups is 1. The van der Waals surface area contributed by atoms with E-state index in [1.54, 1.807) is 0 Å². The molecule has 8 nitrogen and oxygen atoms in total. The molecular weight excluding hydrogens is 306 g/mol. The van der Waals surface area contributed by atoms with Gasteiger partial charge in [-0.15, -0.1) is 5.10 Å². The molecule has 1 atom stereocenters. The van der Waals surface area contributed by atoms with Gasteiger partial charge in [-0.05, 0) is 11.5 Å². The van der Waals surface area contributed by atoms with Gasteiger partial charge in [0.1, 0.15) is 0 Å². The minimum atomic E-state index is -0.128. The zero-order valence-electron chi connectivity index (χ0n) is 13.7. The minimum absolute atomic E-state index is 0.00462. The van der Waals surface area contributed by atoms with Gasteiger partial charge in [-0.3, -0.25) is 0 Å². The predicted molar refractivity (Wildman–Crippen MR) is 92.6 cm³/mol. The van der Waals surface area contributed by atoms with Crippen LogP contribution < -0.4 is 10.6 Å². The third kappa shape index (κ3) is 3.60. The van der Waals surface area contributed by atoms with Crippen LogP contribution in [0.15, 0.2) is 30.3 Å². The van der Waals surface area contributed by atoms with Crippen LogP contribution in [0.3, 0.4) is 0 Å². The lowest BCUT2D eigenvalue weighted by Crippen LogP contribution is -2.30. The molecule has 24 heavy (non-hydrogen) atoms. The first-order valence-corrected chi connectivity index (χ1v) is 7.91. The molecule has 0 bridgehead atoms. The van der Waals surface area contributed by atoms with Gasteiger partial charge in [0, 0.05) is 6.54 Å². The molecule has 0 unspecified atom stereocenters. The number of H-pyrrole nitrogens is 1. The molecule has 0 aliphatic rings. The SMILES string of the molecule is CC(C)[C@H](CO)Nc1nc(NCc2ccccc2)c2n[nH]nc2n1. The number of aromatic amines is 1. The van der Waals surface area contributed by atoms with Gasteiger partial charge in [0.15, 0.2) is 11.3 Å². The molecule has 0 saturated carbocycles. The van der Waals surface area contributed by atoms with Crippen molar-refractivity contribution in [2.75, 3.05) is 17.2 Å². The predicted octanol–water partition coefficient (Wildman–Crippen LogP) is 1.79. The van der Waals surface area contributed by atoms with Crippen LogP contribution in [0.1, 0.15) is 19.4 Å². The van der Waals surface area contributed by atoms with Gasteiger partial charge in [0.25, 0.3) is 0 Å². The zero-order valence-corrected chi connectivity index (χ0v) is 13.7. The van der Waals surface area contributed by atoms with Crippen LogP contribution in [0.25, 0.3) is 11.2 Å². The molecule has 4 N–H and O–H groups in total. The summed E-state index contributed by atoms with van der Waals surface area (Å²) in [6.07, 6.45) is 0. The van der Waals surface area contributed by atoms with Gasteiger partial charge in [0.05, 0.1) is 12.6 Å². The maximum Gasteiger partial charge on any atom is 0.227 e. The number of hydrogen-bond donors (Lipinski definition) is 4. The molecule has 0 aliphatic carbocycles. The Morgan fingerprint density at radius 2 is 1.92 bits per heavy atom. The van der Waals surface area contributed by atoms with Gasteiger partial charge >= 0.3 is 0 Å². The van der Waals surface area contributed by atoms with E-state index in [1.807, 2.05) is 44.2 Å². The van der Waals surface area contributed by atoms with Crippen molar-refractivity contribution in [2.45, 2.75) is 26.4 Å². The van der Waals surface area contributed by atoms with Gasteiger partial charge in [-0.25, -0.2) is 0 Å². The first-order chi connectivity index (χ1) is 11.7. The molecule has 2 aromatic heterocycles. The summed E-state index contributed by atoms with van der Waals surface area (Å²) < 4.78 is 0. The summed E-state index contributed by atoms with van der Waals surface area (Å²) in [5.74, 6) is 1.26. The number of nitrogens with zero attached hydrogens (tertiary/aromatic N) is 4. The van der Waals surface area contributed by atoms with Crippen LogP contribution in [0.5, 0.6) is 0 Å². The molecule has 3 rings (SSSR count). The second kappa shape index (κ2) is 7.22. The molecule has 0 amide bonds. The van der Waals surface area contributed by atoms with Gasteiger partial charge in [-0.1, -0.05) is 44.2 Å². The summed E-state index contributed by atoms with van der Waals surface area (Å²) in [6.45, 7) is 4.67. The molecule has 0 fully saturated rings. The van der Waals surface area contributed by atoms with Crippen molar-refractivity contribution >= 4 is 22.9 Å². The van der Waals surface area contributed by atoms with E-state index in [1.165, 1.54) is 0 Å². The molecule has 3 aromatic rings. The smallest absolute Gasteiger partial charge is 0.227 e. The van der Waals surface area contributed by atoms with Crippen molar-refractivity contribution in [3.05, 3.63) is 35.9 Å². The molecule has 0 radical (unpaired) electrons. The summed E-state index contributed by atoms with van der Waals surface area (Å²) >= 11 is 0. The van der Waals surface area contributed by atoms with Crippen molar-refractivity contribution in [1.82, 2.24) is 25.4 Å². The van der Waals surface area contributed by atoms with E-state index in [9.17, 15) is 5.11 Å². The van der Waals surface area contributed by atoms with Crippen LogP contribution in [0.4, 0.5) is 11.8 Å². The quantitative estimate of drug-likeness (QED) is 0.523. The van der Waals surface area contributed by atoms with E-state index < -0.39 is 0 Å². The van der Waals surface area contributed by atoms with E-state index in [2.05, 4.69) is 36.0 Å². The van der Waals surface area contributed by atoms with Crippen LogP contribution >= 0.6 is 0 Å². The first-order valence-electron chi connectivity index (χ1n) is 7.91. The Hall–Kier alpha value is -2.74. The number of anilines is 2. The van der Waals surface area contributed by atoms with E-state index in [4.69, 9.17) is 0 Å². The van der Waals surface area contributed by atoms with Gasteiger partial charge in [0.2, 0.25) is 11.6 Å². The van der Waals surface area contributed by atoms with Crippen LogP contribution in [0, 0.1) is 5.92 Å². The summed E-state index contributed by atoms with van der Waals surface area (Å²) in [7, 11) is 0. The van der Waals surface area contributed by atoms with Crippen LogP contribution in [-0.4, -0.2) is 43.1 Å². The van der Waals surface area contributed by atoms with Crippen molar-refractivity contribution in [1.29, 1.82) is 0 Å². The molecule has 0 aliphatic heterocycles. The maximum atomic E-state index is 9.48. The highest BCUT2D eigenvalue weighted by Crippen LogP contribution is 2.20. The number of rotatable bonds is 7. The fourth-order valence-corrected chi connectivity index (χ4v) is 2.30. The fourth-order valence-electron chi connectivity index (χ4n) is 2.30. The Morgan fingerprint density at radius 3 is 2.62 bits per heavy atom. The Morgan fingerprint density at radius 1 is 1.12 bits per heavy atom. The molecular formula is C16H21N7O. The van der Waals surface area contributed by atoms with Crippen molar-refractivity contribution < 1.29 is 5.11 Å². The number of benzene rings is 1. The van der Waals surface area contributed by atoms with Crippen molar-refractivity contribution in [2.24, 2.45) is 5.92 Å². The summed E-state index contributed by atoms with van der Waals surface area (Å²) in [4.78, 5) is 8.83. The van der Waals surface area contributed by atoms with E-state index in [0.29, 0.717) is 29.5 Å². The number of fused-ring (bicyclic) bond motifs is 1. The van der Waals surface area contributed by atoms with Gasteiger partial charge < -0.3 is 15.7 Å². The summed E-state index contributed by atoms with van der Waals surface area (Å²) in [5.41, 5.74) is 2.20. The highest BCUT2D eigenvalue weighted by molar-refractivity contribution is 5.82. The monoisotopic (exact) mass is 327 g/mol. The van der Waals surface area contributed by atoms with Crippen molar-refractivity contribution in [3.63, 3.8) is 0 Å². The lowest BCUT2D eigenvalue weighted by molar-refractivity contribution is 0.248. The molecule has 8 heteroatoms. The number of nitrogens with one attached hydrogen (secondary N) is 3. The lowest BCUT2D eigenvalue weighted by atomic mass is 10.1. The highest BCUT2D eigenvalue weighted by Gasteiger charge is 2.16. The third-order valence-electron chi connectivity index (χ3n) is 3.80. The average molecular weight is 327 g/mol.